The summed E-state index contributed by atoms with van der Waals surface area (Å²) >= 11 is 0. The van der Waals surface area contributed by atoms with E-state index < -0.39 is 34.3 Å². The number of allylic oxidation sites excluding steroid dienone is 2. The van der Waals surface area contributed by atoms with E-state index in [-0.39, 0.29) is 29.4 Å². The molecule has 0 fully saturated rings. The monoisotopic (exact) mass is 421 g/mol. The van der Waals surface area contributed by atoms with Crippen LogP contribution in [0.4, 0.5) is 14.5 Å². The smallest absolute Gasteiger partial charge is 0.214 e. The third-order valence-corrected chi connectivity index (χ3v) is 6.01. The Balaban J connectivity index is 1.90. The highest BCUT2D eigenvalue weighted by Crippen LogP contribution is 2.45. The van der Waals surface area contributed by atoms with Crippen molar-refractivity contribution in [2.24, 2.45) is 0 Å². The summed E-state index contributed by atoms with van der Waals surface area (Å²) in [4.78, 5) is 26.3. The van der Waals surface area contributed by atoms with E-state index in [1.165, 1.54) is 12.1 Å². The number of rotatable bonds is 4. The lowest BCUT2D eigenvalue weighted by Crippen LogP contribution is -2.44. The molecule has 0 spiro atoms. The standard InChI is InChI=1S/C26H25F2NO2/c1-14(2)16-10-7-11-17(15(3)4)23(16)29-26(28)13-12-20(27)21-22(26)25(31)19-9-6-5-8-18(19)24(21)30/h5-12,14-15,29H,13H2,1-4H3. The minimum atomic E-state index is -2.40. The van der Waals surface area contributed by atoms with Gasteiger partial charge in [0, 0.05) is 23.2 Å². The molecule has 1 atom stereocenters. The molecule has 0 aromatic heterocycles. The molecule has 3 nitrogen and oxygen atoms in total. The Kier molecular flexibility index (Phi) is 5.16. The summed E-state index contributed by atoms with van der Waals surface area (Å²) in [6.07, 6.45) is 0.667. The van der Waals surface area contributed by atoms with E-state index in [1.807, 2.05) is 45.9 Å². The van der Waals surface area contributed by atoms with E-state index >= 15 is 4.39 Å². The van der Waals surface area contributed by atoms with Gasteiger partial charge in [-0.1, -0.05) is 70.2 Å². The van der Waals surface area contributed by atoms with Gasteiger partial charge in [0.2, 0.25) is 5.79 Å². The zero-order chi connectivity index (χ0) is 22.5. The Morgan fingerprint density at radius 3 is 1.97 bits per heavy atom. The number of Topliss-reactive ketones (excluding diaryl/α,β-unsaturated/α-hetero) is 2. The first kappa shape index (κ1) is 21.2. The van der Waals surface area contributed by atoms with Crippen molar-refractivity contribution in [1.29, 1.82) is 0 Å². The van der Waals surface area contributed by atoms with Crippen LogP contribution >= 0.6 is 0 Å². The Labute approximate surface area is 180 Å². The molecule has 0 radical (unpaired) electrons. The van der Waals surface area contributed by atoms with E-state index in [0.717, 1.165) is 17.2 Å². The number of hydrogen-bond donors (Lipinski definition) is 1. The van der Waals surface area contributed by atoms with Gasteiger partial charge in [-0.3, -0.25) is 9.59 Å². The molecule has 31 heavy (non-hydrogen) atoms. The van der Waals surface area contributed by atoms with E-state index in [2.05, 4.69) is 5.32 Å². The maximum atomic E-state index is 16.6. The lowest BCUT2D eigenvalue weighted by molar-refractivity contribution is 0.0932. The minimum absolute atomic E-state index is 0.0959. The Morgan fingerprint density at radius 1 is 0.871 bits per heavy atom. The normalized spacial score (nSPS) is 20.7. The predicted octanol–water partition coefficient (Wildman–Crippen LogP) is 6.64. The third-order valence-electron chi connectivity index (χ3n) is 6.01. The van der Waals surface area contributed by atoms with Crippen molar-refractivity contribution < 1.29 is 18.4 Å². The average molecular weight is 421 g/mol. The molecular weight excluding hydrogens is 396 g/mol. The molecule has 0 saturated heterocycles. The van der Waals surface area contributed by atoms with E-state index in [4.69, 9.17) is 0 Å². The molecule has 0 amide bonds. The van der Waals surface area contributed by atoms with Crippen molar-refractivity contribution in [2.75, 3.05) is 5.32 Å². The van der Waals surface area contributed by atoms with Crippen LogP contribution in [0.3, 0.4) is 0 Å². The number of benzene rings is 2. The van der Waals surface area contributed by atoms with Crippen molar-refractivity contribution in [1.82, 2.24) is 0 Å². The molecule has 1 unspecified atom stereocenters. The van der Waals surface area contributed by atoms with Crippen molar-refractivity contribution >= 4 is 17.3 Å². The lowest BCUT2D eigenvalue weighted by atomic mass is 9.76. The summed E-state index contributed by atoms with van der Waals surface area (Å²) in [6.45, 7) is 8.02. The van der Waals surface area contributed by atoms with Crippen molar-refractivity contribution in [3.63, 3.8) is 0 Å². The first-order valence-electron chi connectivity index (χ1n) is 10.5. The number of anilines is 1. The molecule has 2 aliphatic carbocycles. The Morgan fingerprint density at radius 2 is 1.42 bits per heavy atom. The number of nitrogens with one attached hydrogen (secondary N) is 1. The topological polar surface area (TPSA) is 46.2 Å². The van der Waals surface area contributed by atoms with E-state index in [1.54, 1.807) is 12.1 Å². The SMILES string of the molecule is CC(C)c1cccc(C(C)C)c1NC1(F)CC=C(F)C2=C1C(=O)c1ccccc1C2=O. The molecule has 0 aliphatic heterocycles. The van der Waals surface area contributed by atoms with Crippen LogP contribution in [-0.4, -0.2) is 17.4 Å². The van der Waals surface area contributed by atoms with Gasteiger partial charge in [-0.2, -0.15) is 0 Å². The van der Waals surface area contributed by atoms with E-state index in [9.17, 15) is 14.0 Å². The number of alkyl halides is 1. The maximum absolute atomic E-state index is 16.6. The number of para-hydroxylation sites is 1. The van der Waals surface area contributed by atoms with Gasteiger partial charge in [-0.15, -0.1) is 0 Å². The molecule has 0 bridgehead atoms. The minimum Gasteiger partial charge on any atom is -0.349 e. The van der Waals surface area contributed by atoms with Gasteiger partial charge in [0.15, 0.2) is 11.6 Å². The summed E-state index contributed by atoms with van der Waals surface area (Å²) in [5.74, 6) is -4.38. The summed E-state index contributed by atoms with van der Waals surface area (Å²) < 4.78 is 31.4. The molecule has 0 saturated carbocycles. The summed E-state index contributed by atoms with van der Waals surface area (Å²) in [7, 11) is 0. The second-order valence-corrected chi connectivity index (χ2v) is 8.76. The molecule has 1 N–H and O–H groups in total. The molecule has 5 heteroatoms. The summed E-state index contributed by atoms with van der Waals surface area (Å²) in [6, 6.07) is 11.9. The maximum Gasteiger partial charge on any atom is 0.214 e. The van der Waals surface area contributed by atoms with Crippen LogP contribution in [0, 0.1) is 0 Å². The van der Waals surface area contributed by atoms with Crippen LogP contribution in [0.1, 0.15) is 77.8 Å². The molecule has 160 valence electrons. The Hall–Kier alpha value is -3.08. The van der Waals surface area contributed by atoms with Gasteiger partial charge >= 0.3 is 0 Å². The number of halogens is 2. The Bertz CT molecular complexity index is 1130. The summed E-state index contributed by atoms with van der Waals surface area (Å²) in [5.41, 5.74) is 1.68. The number of carbonyl (C=O) groups is 2. The molecule has 2 aromatic carbocycles. The van der Waals surface area contributed by atoms with Gasteiger partial charge < -0.3 is 5.32 Å². The average Bonchev–Trinajstić information content (AvgIpc) is 2.73. The third kappa shape index (κ3) is 3.32. The van der Waals surface area contributed by atoms with Gasteiger partial charge in [-0.25, -0.2) is 8.78 Å². The fraction of sp³-hybridized carbons (Fsp3) is 0.308. The van der Waals surface area contributed by atoms with Crippen LogP contribution in [-0.2, 0) is 0 Å². The van der Waals surface area contributed by atoms with Crippen LogP contribution in [0.2, 0.25) is 0 Å². The lowest BCUT2D eigenvalue weighted by Gasteiger charge is -2.36. The first-order valence-corrected chi connectivity index (χ1v) is 10.5. The van der Waals surface area contributed by atoms with Crippen molar-refractivity contribution in [3.8, 4) is 0 Å². The van der Waals surface area contributed by atoms with Crippen molar-refractivity contribution in [3.05, 3.63) is 87.8 Å². The molecule has 2 aromatic rings. The second-order valence-electron chi connectivity index (χ2n) is 8.76. The number of ketones is 2. The van der Waals surface area contributed by atoms with Crippen LogP contribution < -0.4 is 5.32 Å². The van der Waals surface area contributed by atoms with Crippen LogP contribution in [0.15, 0.2) is 65.5 Å². The number of carbonyl (C=O) groups excluding carboxylic acids is 2. The highest BCUT2D eigenvalue weighted by Gasteiger charge is 2.49. The first-order chi connectivity index (χ1) is 14.7. The molecule has 0 heterocycles. The van der Waals surface area contributed by atoms with Crippen LogP contribution in [0.5, 0.6) is 0 Å². The largest absolute Gasteiger partial charge is 0.349 e. The fourth-order valence-electron chi connectivity index (χ4n) is 4.42. The highest BCUT2D eigenvalue weighted by molar-refractivity contribution is 6.29. The molecule has 2 aliphatic rings. The molecular formula is C26H25F2NO2. The fourth-order valence-corrected chi connectivity index (χ4v) is 4.42. The van der Waals surface area contributed by atoms with Gasteiger partial charge in [0.05, 0.1) is 11.1 Å². The number of fused-ring (bicyclic) bond motifs is 1. The molecule has 4 rings (SSSR count). The highest BCUT2D eigenvalue weighted by atomic mass is 19.1. The van der Waals surface area contributed by atoms with Gasteiger partial charge in [-0.05, 0) is 29.0 Å². The van der Waals surface area contributed by atoms with Gasteiger partial charge in [0.1, 0.15) is 5.83 Å². The summed E-state index contributed by atoms with van der Waals surface area (Å²) in [5, 5.41) is 2.95. The van der Waals surface area contributed by atoms with Crippen molar-refractivity contribution in [2.45, 2.75) is 51.7 Å². The second kappa shape index (κ2) is 7.56. The van der Waals surface area contributed by atoms with Gasteiger partial charge in [0.25, 0.3) is 0 Å². The number of hydrogen-bond acceptors (Lipinski definition) is 3. The predicted molar refractivity (Wildman–Crippen MR) is 118 cm³/mol. The zero-order valence-electron chi connectivity index (χ0n) is 18.1. The quantitative estimate of drug-likeness (QED) is 0.563. The van der Waals surface area contributed by atoms with E-state index in [0.29, 0.717) is 5.69 Å². The van der Waals surface area contributed by atoms with Crippen LogP contribution in [0.25, 0.3) is 0 Å². The zero-order valence-corrected chi connectivity index (χ0v) is 18.1.